The number of aryl methyl sites for hydroxylation is 2. The highest BCUT2D eigenvalue weighted by molar-refractivity contribution is 5.99. The molecule has 0 radical (unpaired) electrons. The molecule has 0 saturated carbocycles. The summed E-state index contributed by atoms with van der Waals surface area (Å²) in [4.78, 5) is 12.0. The number of aromatic nitrogens is 3. The Labute approximate surface area is 126 Å². The van der Waals surface area contributed by atoms with Crippen LogP contribution in [0.4, 0.5) is 16.3 Å². The molecule has 2 aromatic heterocycles. The molecule has 1 aromatic carbocycles. The van der Waals surface area contributed by atoms with Crippen LogP contribution in [-0.2, 0) is 7.05 Å². The van der Waals surface area contributed by atoms with Crippen molar-refractivity contribution < 1.29 is 9.32 Å². The van der Waals surface area contributed by atoms with Gasteiger partial charge in [-0.2, -0.15) is 5.10 Å². The van der Waals surface area contributed by atoms with E-state index in [1.165, 1.54) is 6.26 Å². The lowest BCUT2D eigenvalue weighted by molar-refractivity contribution is 0.262. The molecule has 112 valence electrons. The van der Waals surface area contributed by atoms with E-state index < -0.39 is 0 Å². The summed E-state index contributed by atoms with van der Waals surface area (Å²) in [5, 5.41) is 13.2. The Hall–Kier alpha value is -3.09. The second kappa shape index (κ2) is 5.72. The van der Waals surface area contributed by atoms with E-state index in [9.17, 15) is 4.79 Å². The molecule has 0 aliphatic heterocycles. The van der Waals surface area contributed by atoms with Gasteiger partial charge in [0.15, 0.2) is 5.82 Å². The first-order valence-electron chi connectivity index (χ1n) is 6.71. The van der Waals surface area contributed by atoms with Crippen molar-refractivity contribution in [3.8, 4) is 11.3 Å². The van der Waals surface area contributed by atoms with E-state index in [2.05, 4.69) is 25.4 Å². The Morgan fingerprint density at radius 1 is 1.23 bits per heavy atom. The number of nitrogens with one attached hydrogen (secondary N) is 2. The third-order valence-electron chi connectivity index (χ3n) is 3.28. The number of carbonyl (C=O) groups is 1. The Morgan fingerprint density at radius 3 is 2.77 bits per heavy atom. The normalized spacial score (nSPS) is 10.5. The van der Waals surface area contributed by atoms with Gasteiger partial charge in [0.1, 0.15) is 6.26 Å². The van der Waals surface area contributed by atoms with E-state index in [1.807, 2.05) is 38.2 Å². The Balaban J connectivity index is 1.81. The lowest BCUT2D eigenvalue weighted by atomic mass is 10.1. The van der Waals surface area contributed by atoms with Gasteiger partial charge >= 0.3 is 6.03 Å². The number of nitrogens with zero attached hydrogens (tertiary/aromatic N) is 3. The summed E-state index contributed by atoms with van der Waals surface area (Å²) in [7, 11) is 1.87. The fourth-order valence-electron chi connectivity index (χ4n) is 2.12. The number of carbonyl (C=O) groups excluding carboxylic acids is 1. The quantitative estimate of drug-likeness (QED) is 0.778. The number of urea groups is 1. The minimum atomic E-state index is -0.376. The van der Waals surface area contributed by atoms with Crippen LogP contribution in [0.3, 0.4) is 0 Å². The second-order valence-electron chi connectivity index (χ2n) is 4.83. The monoisotopic (exact) mass is 297 g/mol. The molecule has 0 bridgehead atoms. The van der Waals surface area contributed by atoms with Gasteiger partial charge in [-0.15, -0.1) is 0 Å². The molecule has 2 amide bonds. The second-order valence-corrected chi connectivity index (χ2v) is 4.83. The first-order chi connectivity index (χ1) is 10.6. The molecule has 2 N–H and O–H groups in total. The summed E-state index contributed by atoms with van der Waals surface area (Å²) in [6.07, 6.45) is 3.13. The van der Waals surface area contributed by atoms with Crippen LogP contribution in [0.15, 0.2) is 47.3 Å². The van der Waals surface area contributed by atoms with Crippen LogP contribution in [0.1, 0.15) is 5.56 Å². The predicted octanol–water partition coefficient (Wildman–Crippen LogP) is 3.03. The average Bonchev–Trinajstić information content (AvgIpc) is 3.13. The molecule has 0 fully saturated rings. The molecule has 0 aliphatic carbocycles. The van der Waals surface area contributed by atoms with Crippen molar-refractivity contribution in [1.82, 2.24) is 14.9 Å². The molecule has 0 aliphatic rings. The number of hydrogen-bond donors (Lipinski definition) is 2. The van der Waals surface area contributed by atoms with Gasteiger partial charge in [0, 0.05) is 30.6 Å². The van der Waals surface area contributed by atoms with Gasteiger partial charge in [0.05, 0.1) is 5.69 Å². The first kappa shape index (κ1) is 13.9. The van der Waals surface area contributed by atoms with Crippen LogP contribution in [-0.4, -0.2) is 21.0 Å². The highest BCUT2D eigenvalue weighted by Crippen LogP contribution is 2.25. The number of anilines is 2. The van der Waals surface area contributed by atoms with Crippen molar-refractivity contribution in [2.75, 3.05) is 10.6 Å². The molecule has 7 heteroatoms. The fourth-order valence-corrected chi connectivity index (χ4v) is 2.12. The fraction of sp³-hybridized carbons (Fsp3) is 0.133. The van der Waals surface area contributed by atoms with E-state index in [1.54, 1.807) is 16.9 Å². The summed E-state index contributed by atoms with van der Waals surface area (Å²) < 4.78 is 6.45. The summed E-state index contributed by atoms with van der Waals surface area (Å²) in [6.45, 7) is 1.93. The minimum absolute atomic E-state index is 0.359. The Kier molecular flexibility index (Phi) is 3.61. The van der Waals surface area contributed by atoms with E-state index in [0.29, 0.717) is 5.82 Å². The van der Waals surface area contributed by atoms with Gasteiger partial charge in [0.25, 0.3) is 0 Å². The van der Waals surface area contributed by atoms with Crippen LogP contribution in [0.5, 0.6) is 0 Å². The van der Waals surface area contributed by atoms with Crippen molar-refractivity contribution in [3.63, 3.8) is 0 Å². The first-order valence-corrected chi connectivity index (χ1v) is 6.71. The summed E-state index contributed by atoms with van der Waals surface area (Å²) in [6, 6.07) is 8.97. The zero-order chi connectivity index (χ0) is 15.5. The molecule has 0 unspecified atom stereocenters. The zero-order valence-corrected chi connectivity index (χ0v) is 12.2. The highest BCUT2D eigenvalue weighted by atomic mass is 16.5. The van der Waals surface area contributed by atoms with Crippen molar-refractivity contribution in [1.29, 1.82) is 0 Å². The molecule has 3 aromatic rings. The molecule has 22 heavy (non-hydrogen) atoms. The lowest BCUT2D eigenvalue weighted by Crippen LogP contribution is -2.20. The highest BCUT2D eigenvalue weighted by Gasteiger charge is 2.09. The number of benzene rings is 1. The van der Waals surface area contributed by atoms with Crippen molar-refractivity contribution in [2.24, 2.45) is 7.05 Å². The predicted molar refractivity (Wildman–Crippen MR) is 82.5 cm³/mol. The van der Waals surface area contributed by atoms with Gasteiger partial charge < -0.3 is 9.84 Å². The Bertz CT molecular complexity index is 792. The molecule has 7 nitrogen and oxygen atoms in total. The SMILES string of the molecule is Cc1ccc(-c2ccnn2C)cc1NC(=O)Nc1ccon1. The standard InChI is InChI=1S/C15H15N5O2/c1-10-3-4-11(13-5-7-16-20(13)2)9-12(10)17-15(21)18-14-6-8-22-19-14/h3-9H,1-2H3,(H2,17,18,19,21). The van der Waals surface area contributed by atoms with Gasteiger partial charge in [0.2, 0.25) is 0 Å². The van der Waals surface area contributed by atoms with Gasteiger partial charge in [-0.25, -0.2) is 4.79 Å². The van der Waals surface area contributed by atoms with E-state index in [-0.39, 0.29) is 6.03 Å². The molecule has 0 saturated heterocycles. The Morgan fingerprint density at radius 2 is 2.09 bits per heavy atom. The topological polar surface area (TPSA) is 85.0 Å². The molecule has 3 rings (SSSR count). The average molecular weight is 297 g/mol. The van der Waals surface area contributed by atoms with Crippen LogP contribution in [0, 0.1) is 6.92 Å². The molecule has 2 heterocycles. The smallest absolute Gasteiger partial charge is 0.324 e. The number of hydrogen-bond acceptors (Lipinski definition) is 4. The van der Waals surface area contributed by atoms with E-state index in [0.717, 1.165) is 22.5 Å². The number of rotatable bonds is 3. The number of amides is 2. The molecule has 0 spiro atoms. The maximum absolute atomic E-state index is 12.0. The molecular weight excluding hydrogens is 282 g/mol. The summed E-state index contributed by atoms with van der Waals surface area (Å²) in [5.74, 6) is 0.359. The van der Waals surface area contributed by atoms with Crippen molar-refractivity contribution in [2.45, 2.75) is 6.92 Å². The maximum Gasteiger partial charge on any atom is 0.324 e. The van der Waals surface area contributed by atoms with Crippen molar-refractivity contribution in [3.05, 3.63) is 48.4 Å². The van der Waals surface area contributed by atoms with Crippen LogP contribution < -0.4 is 10.6 Å². The zero-order valence-electron chi connectivity index (χ0n) is 12.2. The molecular formula is C15H15N5O2. The third kappa shape index (κ3) is 2.83. The van der Waals surface area contributed by atoms with Crippen LogP contribution >= 0.6 is 0 Å². The largest absolute Gasteiger partial charge is 0.363 e. The van der Waals surface area contributed by atoms with Gasteiger partial charge in [-0.3, -0.25) is 10.00 Å². The summed E-state index contributed by atoms with van der Waals surface area (Å²) >= 11 is 0. The van der Waals surface area contributed by atoms with E-state index >= 15 is 0 Å². The van der Waals surface area contributed by atoms with Crippen LogP contribution in [0.2, 0.25) is 0 Å². The maximum atomic E-state index is 12.0. The van der Waals surface area contributed by atoms with Gasteiger partial charge in [-0.05, 0) is 24.6 Å². The minimum Gasteiger partial charge on any atom is -0.363 e. The third-order valence-corrected chi connectivity index (χ3v) is 3.28. The lowest BCUT2D eigenvalue weighted by Gasteiger charge is -2.11. The summed E-state index contributed by atoms with van der Waals surface area (Å²) in [5.41, 5.74) is 3.63. The van der Waals surface area contributed by atoms with Gasteiger partial charge in [-0.1, -0.05) is 17.3 Å². The van der Waals surface area contributed by atoms with Crippen molar-refractivity contribution >= 4 is 17.5 Å². The molecule has 0 atom stereocenters. The van der Waals surface area contributed by atoms with E-state index in [4.69, 9.17) is 0 Å². The van der Waals surface area contributed by atoms with Crippen LogP contribution in [0.25, 0.3) is 11.3 Å².